The van der Waals surface area contributed by atoms with E-state index in [2.05, 4.69) is 0 Å². The maximum atomic E-state index is 12.5. The first-order valence-corrected chi connectivity index (χ1v) is 16.0. The molecule has 0 aliphatic carbocycles. The highest BCUT2D eigenvalue weighted by molar-refractivity contribution is 5.79. The van der Waals surface area contributed by atoms with Crippen LogP contribution in [0.2, 0.25) is 0 Å². The number of hydrogen-bond acceptors (Lipinski definition) is 9. The Hall–Kier alpha value is -1.23. The van der Waals surface area contributed by atoms with E-state index in [1.807, 2.05) is 55.4 Å². The van der Waals surface area contributed by atoms with Crippen molar-refractivity contribution in [2.45, 2.75) is 106 Å². The molecule has 8 unspecified atom stereocenters. The lowest BCUT2D eigenvalue weighted by Crippen LogP contribution is -2.24. The van der Waals surface area contributed by atoms with Crippen molar-refractivity contribution in [1.82, 2.24) is 0 Å². The zero-order chi connectivity index (χ0) is 32.1. The molecule has 0 aromatic rings. The number of hydrogen-bond donors (Lipinski definition) is 2. The van der Waals surface area contributed by atoms with Gasteiger partial charge in [0.2, 0.25) is 0 Å². The fraction of sp³-hybridized carbons (Fsp3) is 0.909. The first-order valence-electron chi connectivity index (χ1n) is 16.0. The summed E-state index contributed by atoms with van der Waals surface area (Å²) >= 11 is 0. The van der Waals surface area contributed by atoms with Crippen LogP contribution in [-0.4, -0.2) is 82.3 Å². The molecule has 9 heteroatoms. The highest BCUT2D eigenvalue weighted by Crippen LogP contribution is 2.15. The Balaban J connectivity index is 4.01. The van der Waals surface area contributed by atoms with E-state index in [0.29, 0.717) is 91.4 Å². The minimum atomic E-state index is 0.000572. The molecule has 42 heavy (non-hydrogen) atoms. The van der Waals surface area contributed by atoms with Gasteiger partial charge >= 0.3 is 0 Å². The highest BCUT2D eigenvalue weighted by Gasteiger charge is 2.18. The second-order valence-corrected chi connectivity index (χ2v) is 13.6. The quantitative estimate of drug-likeness (QED) is 0.132. The highest BCUT2D eigenvalue weighted by atomic mass is 16.5. The minimum absolute atomic E-state index is 0.000572. The summed E-state index contributed by atoms with van der Waals surface area (Å²) in [6, 6.07) is 0.00114. The molecule has 0 fully saturated rings. The SMILES string of the molecule is CC(N)COCC(C)CC(=O)CC(C)COCC(C)CC(=O)CC(C)COCC(C)CC(=O)CC(C)COCC(C)N. The molecule has 0 amide bonds. The van der Waals surface area contributed by atoms with Gasteiger partial charge in [0.15, 0.2) is 0 Å². The van der Waals surface area contributed by atoms with Crippen LogP contribution in [0.5, 0.6) is 0 Å². The number of ether oxygens (including phenoxy) is 4. The topological polar surface area (TPSA) is 140 Å². The standard InChI is InChI=1S/C33H64N2O7/c1-23(15-39-17-25(3)11-32(37)13-27(5)19-41-21-29(7)34)9-31(36)10-24(2)16-40-18-26(4)12-33(38)14-28(6)20-42-22-30(8)35/h23-30H,9-22,34-35H2,1-8H3. The normalized spacial score (nSPS) is 17.6. The first kappa shape index (κ1) is 40.8. The van der Waals surface area contributed by atoms with Crippen molar-refractivity contribution in [1.29, 1.82) is 0 Å². The van der Waals surface area contributed by atoms with Gasteiger partial charge < -0.3 is 30.4 Å². The molecule has 8 atom stereocenters. The Morgan fingerprint density at radius 2 is 0.548 bits per heavy atom. The largest absolute Gasteiger partial charge is 0.381 e. The van der Waals surface area contributed by atoms with Gasteiger partial charge in [-0.3, -0.25) is 14.4 Å². The van der Waals surface area contributed by atoms with Crippen molar-refractivity contribution in [2.75, 3.05) is 52.9 Å². The second kappa shape index (κ2) is 24.1. The van der Waals surface area contributed by atoms with Crippen LogP contribution in [0.3, 0.4) is 0 Å². The van der Waals surface area contributed by atoms with E-state index in [1.54, 1.807) is 0 Å². The van der Waals surface area contributed by atoms with Gasteiger partial charge in [0.1, 0.15) is 17.3 Å². The fourth-order valence-corrected chi connectivity index (χ4v) is 4.79. The Morgan fingerprint density at radius 1 is 0.381 bits per heavy atom. The molecular formula is C33H64N2O7. The summed E-state index contributed by atoms with van der Waals surface area (Å²) in [5.74, 6) is 1.49. The van der Waals surface area contributed by atoms with Crippen LogP contribution in [0.4, 0.5) is 0 Å². The van der Waals surface area contributed by atoms with Crippen molar-refractivity contribution in [3.63, 3.8) is 0 Å². The smallest absolute Gasteiger partial charge is 0.133 e. The predicted octanol–water partition coefficient (Wildman–Crippen LogP) is 4.61. The molecule has 4 N–H and O–H groups in total. The third kappa shape index (κ3) is 25.3. The summed E-state index contributed by atoms with van der Waals surface area (Å²) in [6.45, 7) is 20.0. The minimum Gasteiger partial charge on any atom is -0.381 e. The molecule has 0 rings (SSSR count). The van der Waals surface area contributed by atoms with Gasteiger partial charge in [-0.05, 0) is 49.4 Å². The van der Waals surface area contributed by atoms with E-state index in [1.165, 1.54) is 0 Å². The Labute approximate surface area is 256 Å². The van der Waals surface area contributed by atoms with Crippen molar-refractivity contribution >= 4 is 17.3 Å². The van der Waals surface area contributed by atoms with Crippen molar-refractivity contribution in [2.24, 2.45) is 47.0 Å². The van der Waals surface area contributed by atoms with Crippen molar-refractivity contribution in [3.8, 4) is 0 Å². The van der Waals surface area contributed by atoms with E-state index in [4.69, 9.17) is 30.4 Å². The molecule has 0 spiro atoms. The molecule has 0 aliphatic rings. The van der Waals surface area contributed by atoms with E-state index < -0.39 is 0 Å². The van der Waals surface area contributed by atoms with Crippen LogP contribution >= 0.6 is 0 Å². The lowest BCUT2D eigenvalue weighted by atomic mass is 9.97. The van der Waals surface area contributed by atoms with Gasteiger partial charge in [0.05, 0.1) is 13.2 Å². The summed E-state index contributed by atoms with van der Waals surface area (Å²) in [5, 5.41) is 0. The maximum absolute atomic E-state index is 12.5. The molecule has 0 heterocycles. The molecular weight excluding hydrogens is 536 g/mol. The average molecular weight is 601 g/mol. The molecule has 0 aromatic carbocycles. The van der Waals surface area contributed by atoms with E-state index >= 15 is 0 Å². The number of ketones is 3. The first-order chi connectivity index (χ1) is 19.7. The molecule has 0 radical (unpaired) electrons. The monoisotopic (exact) mass is 600 g/mol. The fourth-order valence-electron chi connectivity index (χ4n) is 4.79. The summed E-state index contributed by atoms with van der Waals surface area (Å²) in [7, 11) is 0. The summed E-state index contributed by atoms with van der Waals surface area (Å²) in [4.78, 5) is 37.2. The summed E-state index contributed by atoms with van der Waals surface area (Å²) in [6.07, 6.45) is 2.90. The third-order valence-corrected chi connectivity index (χ3v) is 6.63. The zero-order valence-corrected chi connectivity index (χ0v) is 28.0. The predicted molar refractivity (Wildman–Crippen MR) is 168 cm³/mol. The summed E-state index contributed by atoms with van der Waals surface area (Å²) < 4.78 is 22.7. The van der Waals surface area contributed by atoms with Crippen molar-refractivity contribution < 1.29 is 33.3 Å². The number of Topliss-reactive ketones (excluding diaryl/α,β-unsaturated/α-hetero) is 3. The van der Waals surface area contributed by atoms with Gasteiger partial charge in [-0.25, -0.2) is 0 Å². The van der Waals surface area contributed by atoms with Crippen LogP contribution in [-0.2, 0) is 33.3 Å². The number of carbonyl (C=O) groups excluding carboxylic acids is 3. The van der Waals surface area contributed by atoms with Crippen LogP contribution in [0.15, 0.2) is 0 Å². The molecule has 0 aliphatic heterocycles. The van der Waals surface area contributed by atoms with E-state index in [0.717, 1.165) is 0 Å². The van der Waals surface area contributed by atoms with Crippen LogP contribution < -0.4 is 11.5 Å². The Kier molecular flexibility index (Phi) is 23.4. The van der Waals surface area contributed by atoms with Gasteiger partial charge in [-0.1, -0.05) is 41.5 Å². The summed E-state index contributed by atoms with van der Waals surface area (Å²) in [5.41, 5.74) is 11.4. The second-order valence-electron chi connectivity index (χ2n) is 13.6. The average Bonchev–Trinajstić information content (AvgIpc) is 2.82. The van der Waals surface area contributed by atoms with Gasteiger partial charge in [-0.15, -0.1) is 0 Å². The molecule has 0 saturated carbocycles. The zero-order valence-electron chi connectivity index (χ0n) is 28.0. The van der Waals surface area contributed by atoms with Gasteiger partial charge in [0.25, 0.3) is 0 Å². The number of nitrogens with two attached hydrogens (primary N) is 2. The molecule has 0 bridgehead atoms. The van der Waals surface area contributed by atoms with Gasteiger partial charge in [0, 0.05) is 90.2 Å². The molecule has 9 nitrogen and oxygen atoms in total. The van der Waals surface area contributed by atoms with Crippen LogP contribution in [0.25, 0.3) is 0 Å². The molecule has 0 saturated heterocycles. The van der Waals surface area contributed by atoms with Crippen LogP contribution in [0, 0.1) is 35.5 Å². The van der Waals surface area contributed by atoms with Crippen molar-refractivity contribution in [3.05, 3.63) is 0 Å². The lowest BCUT2D eigenvalue weighted by Gasteiger charge is -2.18. The van der Waals surface area contributed by atoms with Crippen LogP contribution in [0.1, 0.15) is 93.9 Å². The third-order valence-electron chi connectivity index (χ3n) is 6.63. The Morgan fingerprint density at radius 3 is 0.714 bits per heavy atom. The Bertz CT molecular complexity index is 673. The maximum Gasteiger partial charge on any atom is 0.133 e. The lowest BCUT2D eigenvalue weighted by molar-refractivity contribution is -0.122. The van der Waals surface area contributed by atoms with E-state index in [9.17, 15) is 14.4 Å². The molecule has 0 aromatic heterocycles. The van der Waals surface area contributed by atoms with E-state index in [-0.39, 0.29) is 64.9 Å². The number of rotatable bonds is 28. The number of carbonyl (C=O) groups is 3. The molecule has 248 valence electrons. The van der Waals surface area contributed by atoms with Gasteiger partial charge in [-0.2, -0.15) is 0 Å².